The van der Waals surface area contributed by atoms with Crippen LogP contribution >= 0.6 is 0 Å². The molecule has 0 unspecified atom stereocenters. The van der Waals surface area contributed by atoms with Crippen molar-refractivity contribution >= 4 is 18.7 Å². The van der Waals surface area contributed by atoms with Crippen LogP contribution in [-0.4, -0.2) is 47.6 Å². The Labute approximate surface area is 229 Å². The average molecular weight is 535 g/mol. The van der Waals surface area contributed by atoms with Gasteiger partial charge in [-0.2, -0.15) is 0 Å². The monoisotopic (exact) mass is 534 g/mol. The Morgan fingerprint density at radius 2 is 1.42 bits per heavy atom. The van der Waals surface area contributed by atoms with E-state index in [1.807, 2.05) is 24.3 Å². The quantitative estimate of drug-likeness (QED) is 0.319. The highest BCUT2D eigenvalue weighted by atomic mass is 28.4. The minimum atomic E-state index is -2.67. The van der Waals surface area contributed by atoms with Gasteiger partial charge in [-0.25, -0.2) is 0 Å². The molecule has 1 heterocycles. The summed E-state index contributed by atoms with van der Waals surface area (Å²) in [5, 5.41) is 2.42. The molecule has 38 heavy (non-hydrogen) atoms. The van der Waals surface area contributed by atoms with Gasteiger partial charge in [0, 0.05) is 19.4 Å². The summed E-state index contributed by atoms with van der Waals surface area (Å²) < 4.78 is 31.0. The zero-order valence-electron chi connectivity index (χ0n) is 23.6. The summed E-state index contributed by atoms with van der Waals surface area (Å²) in [6, 6.07) is 29.4. The van der Waals surface area contributed by atoms with Crippen LogP contribution < -0.4 is 15.1 Å². The summed E-state index contributed by atoms with van der Waals surface area (Å²) >= 11 is 0. The molecule has 204 valence electrons. The Morgan fingerprint density at radius 1 is 0.842 bits per heavy atom. The van der Waals surface area contributed by atoms with Gasteiger partial charge in [-0.3, -0.25) is 0 Å². The van der Waals surface area contributed by atoms with Gasteiger partial charge in [0.25, 0.3) is 8.32 Å². The van der Waals surface area contributed by atoms with E-state index < -0.39 is 8.32 Å². The summed E-state index contributed by atoms with van der Waals surface area (Å²) in [7, 11) is 0.701. The van der Waals surface area contributed by atoms with Crippen molar-refractivity contribution in [2.75, 3.05) is 20.8 Å². The first-order valence-electron chi connectivity index (χ1n) is 13.5. The third kappa shape index (κ3) is 6.21. The molecule has 0 radical (unpaired) electrons. The number of benzene rings is 3. The van der Waals surface area contributed by atoms with Crippen LogP contribution in [0.3, 0.4) is 0 Å². The molecule has 3 aromatic rings. The van der Waals surface area contributed by atoms with Gasteiger partial charge in [-0.05, 0) is 33.1 Å². The summed E-state index contributed by atoms with van der Waals surface area (Å²) in [5.41, 5.74) is 1.11. The second kappa shape index (κ2) is 12.6. The van der Waals surface area contributed by atoms with Crippen molar-refractivity contribution in [3.8, 4) is 5.75 Å². The van der Waals surface area contributed by atoms with Gasteiger partial charge < -0.3 is 23.4 Å². The molecule has 3 aromatic carbocycles. The first-order valence-corrected chi connectivity index (χ1v) is 15.4. The summed E-state index contributed by atoms with van der Waals surface area (Å²) in [4.78, 5) is 0. The van der Waals surface area contributed by atoms with E-state index in [9.17, 15) is 0 Å². The van der Waals surface area contributed by atoms with Crippen LogP contribution in [0.5, 0.6) is 5.75 Å². The highest BCUT2D eigenvalue weighted by Gasteiger charge is 2.51. The Bertz CT molecular complexity index is 1070. The lowest BCUT2D eigenvalue weighted by molar-refractivity contribution is -0.238. The van der Waals surface area contributed by atoms with Crippen LogP contribution in [0, 0.1) is 5.92 Å². The zero-order valence-corrected chi connectivity index (χ0v) is 24.6. The molecule has 0 N–H and O–H groups in total. The van der Waals surface area contributed by atoms with E-state index in [0.717, 1.165) is 11.3 Å². The molecule has 1 fully saturated rings. The largest absolute Gasteiger partial charge is 0.497 e. The van der Waals surface area contributed by atoms with Crippen molar-refractivity contribution in [2.45, 2.75) is 64.3 Å². The predicted octanol–water partition coefficient (Wildman–Crippen LogP) is 5.55. The number of ether oxygens (including phenoxy) is 4. The molecule has 0 saturated carbocycles. The van der Waals surface area contributed by atoms with E-state index in [0.29, 0.717) is 19.6 Å². The molecular weight excluding hydrogens is 492 g/mol. The maximum absolute atomic E-state index is 7.19. The van der Waals surface area contributed by atoms with Gasteiger partial charge in [0.15, 0.2) is 6.29 Å². The Balaban J connectivity index is 1.57. The Kier molecular flexibility index (Phi) is 9.44. The van der Waals surface area contributed by atoms with Gasteiger partial charge in [0.1, 0.15) is 5.75 Å². The lowest BCUT2D eigenvalue weighted by Crippen LogP contribution is -2.67. The minimum Gasteiger partial charge on any atom is -0.497 e. The maximum Gasteiger partial charge on any atom is 0.261 e. The molecule has 0 spiro atoms. The minimum absolute atomic E-state index is 0.0106. The van der Waals surface area contributed by atoms with E-state index in [1.165, 1.54) is 10.4 Å². The van der Waals surface area contributed by atoms with E-state index in [2.05, 4.69) is 88.4 Å². The number of hydrogen-bond donors (Lipinski definition) is 0. The molecule has 0 amide bonds. The molecule has 4 atom stereocenters. The van der Waals surface area contributed by atoms with Crippen molar-refractivity contribution < 1.29 is 23.4 Å². The normalized spacial score (nSPS) is 22.3. The predicted molar refractivity (Wildman–Crippen MR) is 155 cm³/mol. The second-order valence-electron chi connectivity index (χ2n) is 11.1. The SMILES string of the molecule is COc1ccc(CO[C@@H]2C[C@@H](OC)O[C@@H](CO[Si](c3ccccc3)(c3ccccc3)C(C)(C)C)[C@H]2C)cc1. The van der Waals surface area contributed by atoms with Crippen molar-refractivity contribution in [3.63, 3.8) is 0 Å². The number of methoxy groups -OCH3 is 2. The van der Waals surface area contributed by atoms with Crippen molar-refractivity contribution in [1.82, 2.24) is 0 Å². The van der Waals surface area contributed by atoms with Crippen molar-refractivity contribution in [2.24, 2.45) is 5.92 Å². The van der Waals surface area contributed by atoms with E-state index >= 15 is 0 Å². The molecule has 4 rings (SSSR count). The molecule has 1 aliphatic rings. The van der Waals surface area contributed by atoms with Crippen LogP contribution in [0.1, 0.15) is 39.7 Å². The number of hydrogen-bond acceptors (Lipinski definition) is 5. The first-order chi connectivity index (χ1) is 18.3. The molecule has 5 nitrogen and oxygen atoms in total. The van der Waals surface area contributed by atoms with Crippen LogP contribution in [-0.2, 0) is 25.2 Å². The standard InChI is InChI=1S/C32H42O5Si/c1-24-29(35-22-25-17-19-26(33-5)20-18-25)21-31(34-6)37-30(24)23-36-38(32(2,3)4,27-13-9-7-10-14-27)28-15-11-8-12-16-28/h7-20,24,29-31H,21-23H2,1-6H3/t24-,29+,30-,31-/m0/s1. The second-order valence-corrected chi connectivity index (χ2v) is 15.4. The van der Waals surface area contributed by atoms with Gasteiger partial charge in [-0.15, -0.1) is 0 Å². The average Bonchev–Trinajstić information content (AvgIpc) is 2.94. The first kappa shape index (κ1) is 28.5. The van der Waals surface area contributed by atoms with Crippen molar-refractivity contribution in [3.05, 3.63) is 90.5 Å². The molecule has 1 aliphatic heterocycles. The van der Waals surface area contributed by atoms with E-state index in [-0.39, 0.29) is 29.5 Å². The summed E-state index contributed by atoms with van der Waals surface area (Å²) in [5.74, 6) is 0.978. The van der Waals surface area contributed by atoms with E-state index in [1.54, 1.807) is 14.2 Å². The Morgan fingerprint density at radius 3 is 1.92 bits per heavy atom. The fourth-order valence-corrected chi connectivity index (χ4v) is 10.0. The fourth-order valence-electron chi connectivity index (χ4n) is 5.47. The lowest BCUT2D eigenvalue weighted by atomic mass is 9.92. The van der Waals surface area contributed by atoms with Gasteiger partial charge in [0.2, 0.25) is 0 Å². The zero-order chi connectivity index (χ0) is 27.2. The topological polar surface area (TPSA) is 46.2 Å². The van der Waals surface area contributed by atoms with Crippen LogP contribution in [0.4, 0.5) is 0 Å². The third-order valence-electron chi connectivity index (χ3n) is 7.69. The molecule has 6 heteroatoms. The molecule has 0 aliphatic carbocycles. The summed E-state index contributed by atoms with van der Waals surface area (Å²) in [6.07, 6.45) is 0.184. The fraction of sp³-hybridized carbons (Fsp3) is 0.438. The van der Waals surface area contributed by atoms with E-state index in [4.69, 9.17) is 23.4 Å². The van der Waals surface area contributed by atoms with Crippen LogP contribution in [0.15, 0.2) is 84.9 Å². The molecular formula is C32H42O5Si. The molecule has 1 saturated heterocycles. The van der Waals surface area contributed by atoms with Crippen molar-refractivity contribution in [1.29, 1.82) is 0 Å². The third-order valence-corrected chi connectivity index (χ3v) is 12.7. The number of rotatable bonds is 10. The van der Waals surface area contributed by atoms with Gasteiger partial charge in [-0.1, -0.05) is 100 Å². The van der Waals surface area contributed by atoms with Gasteiger partial charge in [0.05, 0.1) is 32.5 Å². The highest BCUT2D eigenvalue weighted by Crippen LogP contribution is 2.38. The molecule has 0 bridgehead atoms. The Hall–Kier alpha value is -2.48. The smallest absolute Gasteiger partial charge is 0.261 e. The molecule has 0 aromatic heterocycles. The highest BCUT2D eigenvalue weighted by molar-refractivity contribution is 6.99. The maximum atomic E-state index is 7.19. The van der Waals surface area contributed by atoms with Crippen LogP contribution in [0.2, 0.25) is 5.04 Å². The van der Waals surface area contributed by atoms with Gasteiger partial charge >= 0.3 is 0 Å². The summed E-state index contributed by atoms with van der Waals surface area (Å²) in [6.45, 7) is 10.1. The van der Waals surface area contributed by atoms with Crippen LogP contribution in [0.25, 0.3) is 0 Å². The lowest BCUT2D eigenvalue weighted by Gasteiger charge is -2.45.